The van der Waals surface area contributed by atoms with Gasteiger partial charge in [0, 0.05) is 5.69 Å². The number of hydrogen-bond acceptors (Lipinski definition) is 3. The van der Waals surface area contributed by atoms with Crippen LogP contribution in [0, 0.1) is 13.8 Å². The number of nitrogens with zero attached hydrogens (tertiary/aromatic N) is 1. The molecule has 5 nitrogen and oxygen atoms in total. The molecule has 0 saturated heterocycles. The van der Waals surface area contributed by atoms with Crippen molar-refractivity contribution in [2.45, 2.75) is 18.7 Å². The molecule has 0 saturated carbocycles. The lowest BCUT2D eigenvalue weighted by atomic mass is 10.2. The summed E-state index contributed by atoms with van der Waals surface area (Å²) >= 11 is 0. The zero-order valence-corrected chi connectivity index (χ0v) is 16.6. The second-order valence-electron chi connectivity index (χ2n) is 6.57. The molecule has 0 heterocycles. The quantitative estimate of drug-likeness (QED) is 0.683. The van der Waals surface area contributed by atoms with Crippen molar-refractivity contribution < 1.29 is 13.2 Å². The average molecular weight is 394 g/mol. The zero-order valence-electron chi connectivity index (χ0n) is 15.8. The molecule has 0 aromatic heterocycles. The van der Waals surface area contributed by atoms with Crippen molar-refractivity contribution in [2.24, 2.45) is 0 Å². The minimum absolute atomic E-state index is 0.145. The van der Waals surface area contributed by atoms with Gasteiger partial charge >= 0.3 is 0 Å². The van der Waals surface area contributed by atoms with Crippen LogP contribution in [0.15, 0.2) is 83.8 Å². The van der Waals surface area contributed by atoms with Gasteiger partial charge < -0.3 is 5.32 Å². The summed E-state index contributed by atoms with van der Waals surface area (Å²) in [6, 6.07) is 22.6. The predicted molar refractivity (Wildman–Crippen MR) is 112 cm³/mol. The van der Waals surface area contributed by atoms with Crippen molar-refractivity contribution in [3.63, 3.8) is 0 Å². The number of hydrogen-bond donors (Lipinski definition) is 1. The number of rotatable bonds is 6. The van der Waals surface area contributed by atoms with Gasteiger partial charge in [-0.05, 0) is 50.2 Å². The molecule has 0 aliphatic heterocycles. The Balaban J connectivity index is 1.94. The van der Waals surface area contributed by atoms with E-state index in [0.717, 1.165) is 15.4 Å². The van der Waals surface area contributed by atoms with Gasteiger partial charge in [-0.3, -0.25) is 9.10 Å². The highest BCUT2D eigenvalue weighted by molar-refractivity contribution is 7.92. The molecule has 0 radical (unpaired) electrons. The van der Waals surface area contributed by atoms with E-state index < -0.39 is 15.9 Å². The second-order valence-corrected chi connectivity index (χ2v) is 8.44. The molecular formula is C22H22N2O3S. The minimum Gasteiger partial charge on any atom is -0.325 e. The first kappa shape index (κ1) is 19.6. The number of anilines is 2. The molecular weight excluding hydrogens is 372 g/mol. The van der Waals surface area contributed by atoms with Gasteiger partial charge in [0.05, 0.1) is 10.6 Å². The van der Waals surface area contributed by atoms with Crippen LogP contribution in [0.4, 0.5) is 11.4 Å². The predicted octanol–water partition coefficient (Wildman–Crippen LogP) is 4.14. The average Bonchev–Trinajstić information content (AvgIpc) is 2.68. The number of nitrogens with one attached hydrogen (secondary N) is 1. The van der Waals surface area contributed by atoms with Crippen LogP contribution in [0.5, 0.6) is 0 Å². The van der Waals surface area contributed by atoms with Gasteiger partial charge in [0.25, 0.3) is 10.0 Å². The first-order valence-corrected chi connectivity index (χ1v) is 10.3. The van der Waals surface area contributed by atoms with E-state index in [9.17, 15) is 13.2 Å². The third-order valence-corrected chi connectivity index (χ3v) is 6.06. The van der Waals surface area contributed by atoms with Crippen LogP contribution >= 0.6 is 0 Å². The van der Waals surface area contributed by atoms with Gasteiger partial charge in [0.2, 0.25) is 5.91 Å². The van der Waals surface area contributed by atoms with Crippen LogP contribution in [0.3, 0.4) is 0 Å². The zero-order chi connectivity index (χ0) is 20.1. The first-order valence-electron chi connectivity index (χ1n) is 8.87. The normalized spacial score (nSPS) is 11.1. The molecule has 0 aliphatic rings. The number of benzene rings is 3. The topological polar surface area (TPSA) is 66.5 Å². The van der Waals surface area contributed by atoms with Gasteiger partial charge in [-0.15, -0.1) is 0 Å². The molecule has 144 valence electrons. The van der Waals surface area contributed by atoms with Crippen molar-refractivity contribution in [3.8, 4) is 0 Å². The van der Waals surface area contributed by atoms with Crippen molar-refractivity contribution in [3.05, 3.63) is 90.0 Å². The Labute approximate surface area is 165 Å². The Bertz CT molecular complexity index is 1050. The number of carbonyl (C=O) groups is 1. The molecule has 28 heavy (non-hydrogen) atoms. The van der Waals surface area contributed by atoms with Crippen molar-refractivity contribution in [2.75, 3.05) is 16.2 Å². The highest BCUT2D eigenvalue weighted by Crippen LogP contribution is 2.24. The summed E-state index contributed by atoms with van der Waals surface area (Å²) in [7, 11) is -3.90. The van der Waals surface area contributed by atoms with Crippen LogP contribution in [-0.4, -0.2) is 20.9 Å². The highest BCUT2D eigenvalue weighted by Gasteiger charge is 2.27. The van der Waals surface area contributed by atoms with E-state index >= 15 is 0 Å². The summed E-state index contributed by atoms with van der Waals surface area (Å²) in [4.78, 5) is 12.7. The van der Waals surface area contributed by atoms with Crippen LogP contribution in [-0.2, 0) is 14.8 Å². The number of para-hydroxylation sites is 1. The van der Waals surface area contributed by atoms with Crippen molar-refractivity contribution >= 4 is 27.3 Å². The maximum absolute atomic E-state index is 13.3. The molecule has 0 fully saturated rings. The number of amides is 1. The summed E-state index contributed by atoms with van der Waals surface area (Å²) in [5, 5.41) is 2.74. The van der Waals surface area contributed by atoms with E-state index in [2.05, 4.69) is 5.32 Å². The Morgan fingerprint density at radius 3 is 1.93 bits per heavy atom. The Kier molecular flexibility index (Phi) is 5.80. The Hall–Kier alpha value is -3.12. The fourth-order valence-electron chi connectivity index (χ4n) is 2.72. The fourth-order valence-corrected chi connectivity index (χ4v) is 4.14. The minimum atomic E-state index is -3.90. The number of sulfonamides is 1. The molecule has 0 unspecified atom stereocenters. The van der Waals surface area contributed by atoms with E-state index in [1.165, 1.54) is 0 Å². The third kappa shape index (κ3) is 4.58. The molecule has 3 aromatic carbocycles. The van der Waals surface area contributed by atoms with E-state index in [1.807, 2.05) is 32.0 Å². The highest BCUT2D eigenvalue weighted by atomic mass is 32.2. The van der Waals surface area contributed by atoms with Crippen molar-refractivity contribution in [1.29, 1.82) is 0 Å². The summed E-state index contributed by atoms with van der Waals surface area (Å²) in [5.41, 5.74) is 3.02. The molecule has 3 aromatic rings. The van der Waals surface area contributed by atoms with Crippen LogP contribution in [0.2, 0.25) is 0 Å². The number of aryl methyl sites for hydroxylation is 2. The maximum Gasteiger partial charge on any atom is 0.264 e. The lowest BCUT2D eigenvalue weighted by molar-refractivity contribution is -0.114. The molecule has 6 heteroatoms. The molecule has 0 atom stereocenters. The van der Waals surface area contributed by atoms with E-state index in [0.29, 0.717) is 11.4 Å². The summed E-state index contributed by atoms with van der Waals surface area (Å²) in [6.07, 6.45) is 0. The van der Waals surface area contributed by atoms with Gasteiger partial charge in [-0.25, -0.2) is 8.42 Å². The Morgan fingerprint density at radius 2 is 1.36 bits per heavy atom. The largest absolute Gasteiger partial charge is 0.325 e. The lowest BCUT2D eigenvalue weighted by Crippen LogP contribution is -2.38. The molecule has 0 bridgehead atoms. The van der Waals surface area contributed by atoms with Crippen molar-refractivity contribution in [1.82, 2.24) is 0 Å². The summed E-state index contributed by atoms with van der Waals surface area (Å²) in [5.74, 6) is -0.414. The van der Waals surface area contributed by atoms with Gasteiger partial charge in [-0.1, -0.05) is 53.6 Å². The smallest absolute Gasteiger partial charge is 0.264 e. The standard InChI is InChI=1S/C22H22N2O3S/c1-17-8-12-20(13-9-17)24(16-22(25)23-19-6-4-3-5-7-19)28(26,27)21-14-10-18(2)11-15-21/h3-15H,16H2,1-2H3,(H,23,25). The third-order valence-electron chi connectivity index (χ3n) is 4.28. The van der Waals surface area contributed by atoms with Gasteiger partial charge in [0.1, 0.15) is 6.54 Å². The second kappa shape index (κ2) is 8.27. The maximum atomic E-state index is 13.3. The van der Waals surface area contributed by atoms with Gasteiger partial charge in [0.15, 0.2) is 0 Å². The fraction of sp³-hybridized carbons (Fsp3) is 0.136. The summed E-state index contributed by atoms with van der Waals surface area (Å²) in [6.45, 7) is 3.49. The van der Waals surface area contributed by atoms with Gasteiger partial charge in [-0.2, -0.15) is 0 Å². The molecule has 1 N–H and O–H groups in total. The Morgan fingerprint density at radius 1 is 0.821 bits per heavy atom. The van der Waals surface area contributed by atoms with E-state index in [4.69, 9.17) is 0 Å². The molecule has 1 amide bonds. The number of carbonyl (C=O) groups excluding carboxylic acids is 1. The van der Waals surface area contributed by atoms with E-state index in [-0.39, 0.29) is 11.4 Å². The van der Waals surface area contributed by atoms with Crippen LogP contribution in [0.25, 0.3) is 0 Å². The first-order chi connectivity index (χ1) is 13.4. The molecule has 0 spiro atoms. The lowest BCUT2D eigenvalue weighted by Gasteiger charge is -2.24. The van der Waals surface area contributed by atoms with Crippen LogP contribution in [0.1, 0.15) is 11.1 Å². The SMILES string of the molecule is Cc1ccc(N(CC(=O)Nc2ccccc2)S(=O)(=O)c2ccc(C)cc2)cc1. The monoisotopic (exact) mass is 394 g/mol. The van der Waals surface area contributed by atoms with E-state index in [1.54, 1.807) is 60.7 Å². The molecule has 0 aliphatic carbocycles. The summed E-state index contributed by atoms with van der Waals surface area (Å²) < 4.78 is 27.7. The van der Waals surface area contributed by atoms with Crippen LogP contribution < -0.4 is 9.62 Å². The molecule has 3 rings (SSSR count).